The van der Waals surface area contributed by atoms with E-state index in [4.69, 9.17) is 4.74 Å². The summed E-state index contributed by atoms with van der Waals surface area (Å²) in [6, 6.07) is 22.1. The summed E-state index contributed by atoms with van der Waals surface area (Å²) in [7, 11) is 0. The Morgan fingerprint density at radius 2 is 1.71 bits per heavy atom. The van der Waals surface area contributed by atoms with Gasteiger partial charge in [-0.3, -0.25) is 0 Å². The lowest BCUT2D eigenvalue weighted by Gasteiger charge is -2.16. The Morgan fingerprint density at radius 1 is 0.958 bits per heavy atom. The first kappa shape index (κ1) is 16.5. The molecule has 0 aliphatic rings. The van der Waals surface area contributed by atoms with Gasteiger partial charge in [0.15, 0.2) is 0 Å². The Labute approximate surface area is 142 Å². The third-order valence-electron chi connectivity index (χ3n) is 4.12. The number of benzene rings is 3. The minimum absolute atomic E-state index is 0.499. The number of nitrogens with one attached hydrogen (secondary N) is 1. The van der Waals surface area contributed by atoms with E-state index in [0.29, 0.717) is 19.7 Å². The first-order valence-electron chi connectivity index (χ1n) is 8.36. The van der Waals surface area contributed by atoms with Crippen molar-refractivity contribution in [1.29, 1.82) is 0 Å². The molecule has 0 amide bonds. The van der Waals surface area contributed by atoms with Crippen molar-refractivity contribution in [2.75, 3.05) is 13.2 Å². The van der Waals surface area contributed by atoms with E-state index in [1.54, 1.807) is 0 Å². The van der Waals surface area contributed by atoms with E-state index >= 15 is 0 Å². The summed E-state index contributed by atoms with van der Waals surface area (Å²) in [6.45, 7) is 3.78. The largest absolute Gasteiger partial charge is 0.494 e. The number of aliphatic hydroxyl groups is 1. The van der Waals surface area contributed by atoms with Crippen molar-refractivity contribution in [2.24, 2.45) is 0 Å². The molecule has 0 bridgehead atoms. The first-order chi connectivity index (χ1) is 11.8. The number of hydrogen-bond donors (Lipinski definition) is 2. The van der Waals surface area contributed by atoms with E-state index in [9.17, 15) is 5.11 Å². The summed E-state index contributed by atoms with van der Waals surface area (Å²) >= 11 is 0. The minimum atomic E-state index is -0.517. The predicted molar refractivity (Wildman–Crippen MR) is 98.2 cm³/mol. The quantitative estimate of drug-likeness (QED) is 0.689. The smallest absolute Gasteiger partial charge is 0.124 e. The molecular formula is C21H23NO2. The van der Waals surface area contributed by atoms with E-state index in [-0.39, 0.29) is 0 Å². The van der Waals surface area contributed by atoms with Gasteiger partial charge in [0.1, 0.15) is 5.75 Å². The molecule has 124 valence electrons. The maximum Gasteiger partial charge on any atom is 0.124 e. The molecule has 0 aliphatic heterocycles. The first-order valence-corrected chi connectivity index (χ1v) is 8.36. The molecule has 0 radical (unpaired) electrons. The molecule has 2 N–H and O–H groups in total. The lowest BCUT2D eigenvalue weighted by atomic mass is 10.0. The van der Waals surface area contributed by atoms with Crippen LogP contribution >= 0.6 is 0 Å². The zero-order valence-electron chi connectivity index (χ0n) is 13.9. The molecule has 0 saturated heterocycles. The number of fused-ring (bicyclic) bond motifs is 1. The highest BCUT2D eigenvalue weighted by atomic mass is 16.5. The monoisotopic (exact) mass is 321 g/mol. The Balaban J connectivity index is 1.75. The number of aliphatic hydroxyl groups excluding tert-OH is 1. The van der Waals surface area contributed by atoms with Crippen LogP contribution < -0.4 is 10.1 Å². The Morgan fingerprint density at radius 3 is 2.50 bits per heavy atom. The van der Waals surface area contributed by atoms with Crippen LogP contribution in [0.4, 0.5) is 0 Å². The number of ether oxygens (including phenoxy) is 1. The summed E-state index contributed by atoms with van der Waals surface area (Å²) < 4.78 is 5.78. The van der Waals surface area contributed by atoms with E-state index in [2.05, 4.69) is 23.5 Å². The van der Waals surface area contributed by atoms with Gasteiger partial charge in [-0.25, -0.2) is 0 Å². The fraction of sp³-hybridized carbons (Fsp3) is 0.238. The summed E-state index contributed by atoms with van der Waals surface area (Å²) in [4.78, 5) is 0. The van der Waals surface area contributed by atoms with E-state index in [0.717, 1.165) is 16.9 Å². The van der Waals surface area contributed by atoms with Gasteiger partial charge in [0.05, 0.1) is 12.7 Å². The third-order valence-corrected chi connectivity index (χ3v) is 4.12. The molecular weight excluding hydrogens is 298 g/mol. The third kappa shape index (κ3) is 3.75. The van der Waals surface area contributed by atoms with Crippen LogP contribution in [-0.2, 0) is 6.54 Å². The van der Waals surface area contributed by atoms with Crippen LogP contribution in [-0.4, -0.2) is 18.3 Å². The molecule has 0 saturated carbocycles. The zero-order chi connectivity index (χ0) is 16.8. The van der Waals surface area contributed by atoms with Crippen LogP contribution in [0.15, 0.2) is 66.7 Å². The second kappa shape index (κ2) is 7.95. The zero-order valence-corrected chi connectivity index (χ0v) is 13.9. The van der Waals surface area contributed by atoms with Gasteiger partial charge in [-0.2, -0.15) is 0 Å². The second-order valence-electron chi connectivity index (χ2n) is 5.75. The molecule has 3 aromatic carbocycles. The molecule has 24 heavy (non-hydrogen) atoms. The van der Waals surface area contributed by atoms with Crippen LogP contribution in [0.2, 0.25) is 0 Å². The Kier molecular flexibility index (Phi) is 5.47. The van der Waals surface area contributed by atoms with Crippen LogP contribution in [0.3, 0.4) is 0 Å². The molecule has 0 aromatic heterocycles. The Bertz CT molecular complexity index is 786. The van der Waals surface area contributed by atoms with Gasteiger partial charge >= 0.3 is 0 Å². The van der Waals surface area contributed by atoms with E-state index in [1.165, 1.54) is 10.8 Å². The van der Waals surface area contributed by atoms with Gasteiger partial charge < -0.3 is 15.2 Å². The van der Waals surface area contributed by atoms with Crippen molar-refractivity contribution < 1.29 is 9.84 Å². The lowest BCUT2D eigenvalue weighted by Crippen LogP contribution is -2.21. The summed E-state index contributed by atoms with van der Waals surface area (Å²) in [5.74, 6) is 0.901. The molecule has 3 rings (SSSR count). The van der Waals surface area contributed by atoms with Crippen molar-refractivity contribution in [3.63, 3.8) is 0 Å². The highest BCUT2D eigenvalue weighted by molar-refractivity contribution is 5.87. The summed E-state index contributed by atoms with van der Waals surface area (Å²) in [5.41, 5.74) is 2.06. The molecule has 1 unspecified atom stereocenters. The standard InChI is InChI=1S/C21H23NO2/c1-2-24-21-13-12-16-8-6-7-11-18(16)19(21)14-22-15-20(23)17-9-4-3-5-10-17/h3-13,20,22-23H,2,14-15H2,1H3. The van der Waals surface area contributed by atoms with Crippen LogP contribution in [0.1, 0.15) is 24.2 Å². The maximum absolute atomic E-state index is 10.3. The lowest BCUT2D eigenvalue weighted by molar-refractivity contribution is 0.174. The normalized spacial score (nSPS) is 12.2. The molecule has 0 fully saturated rings. The Hall–Kier alpha value is -2.36. The van der Waals surface area contributed by atoms with Crippen molar-refractivity contribution in [2.45, 2.75) is 19.6 Å². The van der Waals surface area contributed by atoms with Crippen molar-refractivity contribution in [1.82, 2.24) is 5.32 Å². The van der Waals surface area contributed by atoms with Crippen molar-refractivity contribution in [3.8, 4) is 5.75 Å². The predicted octanol–water partition coefficient (Wildman–Crippen LogP) is 4.06. The molecule has 3 nitrogen and oxygen atoms in total. The van der Waals surface area contributed by atoms with Gasteiger partial charge in [0.2, 0.25) is 0 Å². The van der Waals surface area contributed by atoms with Crippen LogP contribution in [0.25, 0.3) is 10.8 Å². The molecule has 3 heteroatoms. The summed E-state index contributed by atoms with van der Waals surface area (Å²) in [5, 5.41) is 16.0. The average Bonchev–Trinajstić information content (AvgIpc) is 2.64. The number of hydrogen-bond acceptors (Lipinski definition) is 3. The number of rotatable bonds is 7. The van der Waals surface area contributed by atoms with Gasteiger partial charge in [-0.1, -0.05) is 60.7 Å². The SMILES string of the molecule is CCOc1ccc2ccccc2c1CNCC(O)c1ccccc1. The second-order valence-corrected chi connectivity index (χ2v) is 5.75. The molecule has 3 aromatic rings. The fourth-order valence-corrected chi connectivity index (χ4v) is 2.92. The van der Waals surface area contributed by atoms with Gasteiger partial charge in [-0.15, -0.1) is 0 Å². The summed E-state index contributed by atoms with van der Waals surface area (Å²) in [6.07, 6.45) is -0.517. The van der Waals surface area contributed by atoms with Crippen LogP contribution in [0, 0.1) is 0 Å². The van der Waals surface area contributed by atoms with Gasteiger partial charge in [-0.05, 0) is 29.3 Å². The molecule has 0 spiro atoms. The highest BCUT2D eigenvalue weighted by Crippen LogP contribution is 2.28. The molecule has 0 heterocycles. The fourth-order valence-electron chi connectivity index (χ4n) is 2.92. The highest BCUT2D eigenvalue weighted by Gasteiger charge is 2.10. The van der Waals surface area contributed by atoms with Gasteiger partial charge in [0, 0.05) is 18.7 Å². The van der Waals surface area contributed by atoms with E-state index in [1.807, 2.05) is 55.5 Å². The molecule has 0 aliphatic carbocycles. The van der Waals surface area contributed by atoms with Crippen molar-refractivity contribution >= 4 is 10.8 Å². The minimum Gasteiger partial charge on any atom is -0.494 e. The van der Waals surface area contributed by atoms with E-state index < -0.39 is 6.10 Å². The van der Waals surface area contributed by atoms with Crippen LogP contribution in [0.5, 0.6) is 5.75 Å². The maximum atomic E-state index is 10.3. The molecule has 1 atom stereocenters. The average molecular weight is 321 g/mol. The van der Waals surface area contributed by atoms with Gasteiger partial charge in [0.25, 0.3) is 0 Å². The topological polar surface area (TPSA) is 41.5 Å². The van der Waals surface area contributed by atoms with Crippen molar-refractivity contribution in [3.05, 3.63) is 77.9 Å².